The molecule has 0 bridgehead atoms. The highest BCUT2D eigenvalue weighted by Gasteiger charge is 2.37. The van der Waals surface area contributed by atoms with Gasteiger partial charge in [0.2, 0.25) is 5.91 Å². The minimum atomic E-state index is -0.102. The third kappa shape index (κ3) is 4.81. The van der Waals surface area contributed by atoms with E-state index in [1.807, 2.05) is 0 Å². The van der Waals surface area contributed by atoms with E-state index in [9.17, 15) is 4.79 Å². The molecule has 0 aromatic carbocycles. The third-order valence-corrected chi connectivity index (χ3v) is 4.64. The van der Waals surface area contributed by atoms with Gasteiger partial charge in [-0.2, -0.15) is 0 Å². The summed E-state index contributed by atoms with van der Waals surface area (Å²) in [6.45, 7) is 10.9. The monoisotopic (exact) mass is 267 g/mol. The van der Waals surface area contributed by atoms with E-state index in [1.54, 1.807) is 0 Å². The second-order valence-electron chi connectivity index (χ2n) is 6.77. The Morgan fingerprint density at radius 1 is 1.16 bits per heavy atom. The van der Waals surface area contributed by atoms with Crippen LogP contribution in [0.15, 0.2) is 0 Å². The van der Waals surface area contributed by atoms with Crippen LogP contribution in [0.5, 0.6) is 0 Å². The molecule has 0 aromatic heterocycles. The minimum Gasteiger partial charge on any atom is -0.342 e. The maximum atomic E-state index is 12.8. The van der Waals surface area contributed by atoms with E-state index in [0.717, 1.165) is 25.9 Å². The van der Waals surface area contributed by atoms with Gasteiger partial charge in [0.05, 0.1) is 0 Å². The molecular weight excluding hydrogens is 234 g/mol. The van der Waals surface area contributed by atoms with Gasteiger partial charge in [0.1, 0.15) is 0 Å². The topological polar surface area (TPSA) is 20.3 Å². The quantitative estimate of drug-likeness (QED) is 0.587. The summed E-state index contributed by atoms with van der Waals surface area (Å²) in [5.74, 6) is 1.12. The molecule has 1 heterocycles. The number of rotatable bonds is 8. The smallest absolute Gasteiger partial charge is 0.228 e. The van der Waals surface area contributed by atoms with Crippen LogP contribution in [0.1, 0.15) is 79.1 Å². The highest BCUT2D eigenvalue weighted by Crippen LogP contribution is 2.34. The molecular formula is C17H33NO. The average Bonchev–Trinajstić information content (AvgIpc) is 2.82. The summed E-state index contributed by atoms with van der Waals surface area (Å²) in [7, 11) is 0. The summed E-state index contributed by atoms with van der Waals surface area (Å²) in [6.07, 6.45) is 9.38. The zero-order valence-electron chi connectivity index (χ0n) is 13.5. The first kappa shape index (κ1) is 16.5. The van der Waals surface area contributed by atoms with Crippen molar-refractivity contribution in [1.82, 2.24) is 4.90 Å². The highest BCUT2D eigenvalue weighted by molar-refractivity contribution is 5.82. The van der Waals surface area contributed by atoms with Crippen LogP contribution in [0.4, 0.5) is 0 Å². The zero-order valence-corrected chi connectivity index (χ0v) is 13.5. The minimum absolute atomic E-state index is 0.102. The van der Waals surface area contributed by atoms with Crippen LogP contribution in [0.25, 0.3) is 0 Å². The van der Waals surface area contributed by atoms with Gasteiger partial charge in [-0.25, -0.2) is 0 Å². The molecule has 2 nitrogen and oxygen atoms in total. The molecule has 19 heavy (non-hydrogen) atoms. The fourth-order valence-electron chi connectivity index (χ4n) is 3.17. The van der Waals surface area contributed by atoms with Crippen LogP contribution >= 0.6 is 0 Å². The van der Waals surface area contributed by atoms with Crippen molar-refractivity contribution in [3.63, 3.8) is 0 Å². The number of hydrogen-bond donors (Lipinski definition) is 0. The summed E-state index contributed by atoms with van der Waals surface area (Å²) >= 11 is 0. The molecule has 0 aromatic rings. The van der Waals surface area contributed by atoms with Gasteiger partial charge in [-0.1, -0.05) is 59.8 Å². The molecule has 112 valence electrons. The third-order valence-electron chi connectivity index (χ3n) is 4.64. The summed E-state index contributed by atoms with van der Waals surface area (Å²) in [5, 5.41) is 0. The van der Waals surface area contributed by atoms with Gasteiger partial charge < -0.3 is 4.90 Å². The molecule has 0 aliphatic carbocycles. The maximum absolute atomic E-state index is 12.8. The number of likely N-dealkylation sites (tertiary alicyclic amines) is 1. The molecule has 1 rings (SSSR count). The van der Waals surface area contributed by atoms with Crippen LogP contribution in [0.3, 0.4) is 0 Å². The number of carbonyl (C=O) groups excluding carboxylic acids is 1. The van der Waals surface area contributed by atoms with Crippen molar-refractivity contribution in [3.05, 3.63) is 0 Å². The normalized spacial score (nSPS) is 22.5. The summed E-state index contributed by atoms with van der Waals surface area (Å²) in [4.78, 5) is 15.0. The molecule has 2 unspecified atom stereocenters. The fraction of sp³-hybridized carbons (Fsp3) is 0.941. The molecule has 2 atom stereocenters. The first-order valence-electron chi connectivity index (χ1n) is 8.33. The van der Waals surface area contributed by atoms with Crippen molar-refractivity contribution in [1.29, 1.82) is 0 Å². The molecule has 0 N–H and O–H groups in total. The van der Waals surface area contributed by atoms with Crippen LogP contribution < -0.4 is 0 Å². The van der Waals surface area contributed by atoms with Crippen molar-refractivity contribution >= 4 is 5.91 Å². The highest BCUT2D eigenvalue weighted by atomic mass is 16.2. The molecule has 1 saturated heterocycles. The molecule has 2 heteroatoms. The van der Waals surface area contributed by atoms with E-state index < -0.39 is 0 Å². The van der Waals surface area contributed by atoms with Gasteiger partial charge in [-0.3, -0.25) is 4.79 Å². The molecule has 1 amide bonds. The van der Waals surface area contributed by atoms with Gasteiger partial charge in [0.25, 0.3) is 0 Å². The predicted octanol–water partition coefficient (Wildman–Crippen LogP) is 4.63. The van der Waals surface area contributed by atoms with Gasteiger partial charge in [0, 0.05) is 18.5 Å². The molecule has 1 aliphatic rings. The first-order valence-corrected chi connectivity index (χ1v) is 8.33. The van der Waals surface area contributed by atoms with E-state index in [1.165, 1.54) is 38.5 Å². The second kappa shape index (κ2) is 7.91. The predicted molar refractivity (Wildman–Crippen MR) is 82.1 cm³/mol. The van der Waals surface area contributed by atoms with Crippen LogP contribution in [0.2, 0.25) is 0 Å². The van der Waals surface area contributed by atoms with Crippen molar-refractivity contribution in [2.75, 3.05) is 13.1 Å². The Morgan fingerprint density at radius 3 is 2.32 bits per heavy atom. The lowest BCUT2D eigenvalue weighted by Gasteiger charge is -2.33. The summed E-state index contributed by atoms with van der Waals surface area (Å²) < 4.78 is 0. The fourth-order valence-corrected chi connectivity index (χ4v) is 3.17. The Balaban J connectivity index is 2.62. The van der Waals surface area contributed by atoms with E-state index >= 15 is 0 Å². The Kier molecular flexibility index (Phi) is 6.88. The van der Waals surface area contributed by atoms with Gasteiger partial charge in [-0.15, -0.1) is 0 Å². The number of unbranched alkanes of at least 4 members (excludes halogenated alkanes) is 3. The van der Waals surface area contributed by atoms with E-state index in [-0.39, 0.29) is 5.41 Å². The molecule has 1 aliphatic heterocycles. The van der Waals surface area contributed by atoms with E-state index in [2.05, 4.69) is 32.6 Å². The van der Waals surface area contributed by atoms with Crippen molar-refractivity contribution in [3.8, 4) is 0 Å². The van der Waals surface area contributed by atoms with Crippen LogP contribution in [0, 0.1) is 11.3 Å². The SMILES string of the molecule is CCCCCC(C)(CCCC)C(=O)N1CCC(C)C1. The lowest BCUT2D eigenvalue weighted by atomic mass is 9.78. The van der Waals surface area contributed by atoms with Crippen molar-refractivity contribution in [2.24, 2.45) is 11.3 Å². The Bertz CT molecular complexity index is 276. The lowest BCUT2D eigenvalue weighted by molar-refractivity contribution is -0.141. The van der Waals surface area contributed by atoms with Crippen LogP contribution in [-0.2, 0) is 4.79 Å². The van der Waals surface area contributed by atoms with Crippen molar-refractivity contribution in [2.45, 2.75) is 79.1 Å². The van der Waals surface area contributed by atoms with Gasteiger partial charge in [0.15, 0.2) is 0 Å². The lowest BCUT2D eigenvalue weighted by Crippen LogP contribution is -2.41. The van der Waals surface area contributed by atoms with Crippen LogP contribution in [-0.4, -0.2) is 23.9 Å². The molecule has 0 spiro atoms. The zero-order chi connectivity index (χ0) is 14.3. The first-order chi connectivity index (χ1) is 9.03. The Labute approximate surface area is 119 Å². The van der Waals surface area contributed by atoms with Gasteiger partial charge in [-0.05, 0) is 25.2 Å². The standard InChI is InChI=1S/C17H33NO/c1-5-7-9-12-17(4,11-8-6-2)16(19)18-13-10-15(3)14-18/h15H,5-14H2,1-4H3. The van der Waals surface area contributed by atoms with Gasteiger partial charge >= 0.3 is 0 Å². The number of hydrogen-bond acceptors (Lipinski definition) is 1. The Morgan fingerprint density at radius 2 is 1.79 bits per heavy atom. The molecule has 0 saturated carbocycles. The molecule has 1 fully saturated rings. The van der Waals surface area contributed by atoms with E-state index in [0.29, 0.717) is 11.8 Å². The summed E-state index contributed by atoms with van der Waals surface area (Å²) in [5.41, 5.74) is -0.102. The number of amides is 1. The number of nitrogens with zero attached hydrogens (tertiary/aromatic N) is 1. The largest absolute Gasteiger partial charge is 0.342 e. The molecule has 0 radical (unpaired) electrons. The maximum Gasteiger partial charge on any atom is 0.228 e. The summed E-state index contributed by atoms with van der Waals surface area (Å²) in [6, 6.07) is 0. The van der Waals surface area contributed by atoms with Crippen molar-refractivity contribution < 1.29 is 4.79 Å². The second-order valence-corrected chi connectivity index (χ2v) is 6.77. The average molecular weight is 267 g/mol. The van der Waals surface area contributed by atoms with E-state index in [4.69, 9.17) is 0 Å². The number of carbonyl (C=O) groups is 1. The Hall–Kier alpha value is -0.530.